The van der Waals surface area contributed by atoms with Crippen LogP contribution in [0.25, 0.3) is 0 Å². The Hall–Kier alpha value is -4.19. The second-order valence-corrected chi connectivity index (χ2v) is 9.89. The van der Waals surface area contributed by atoms with Crippen molar-refractivity contribution in [1.29, 1.82) is 0 Å². The summed E-state index contributed by atoms with van der Waals surface area (Å²) in [4.78, 5) is 27.4. The minimum atomic E-state index is -0.170. The summed E-state index contributed by atoms with van der Waals surface area (Å²) >= 11 is 0. The normalized spacial score (nSPS) is 13.5. The van der Waals surface area contributed by atoms with Gasteiger partial charge in [-0.3, -0.25) is 4.79 Å². The summed E-state index contributed by atoms with van der Waals surface area (Å²) in [6.45, 7) is 5.85. The molecule has 2 heterocycles. The summed E-state index contributed by atoms with van der Waals surface area (Å²) in [6.07, 6.45) is 1.41. The molecule has 6 heteroatoms. The maximum absolute atomic E-state index is 13.7. The van der Waals surface area contributed by atoms with Gasteiger partial charge in [0.05, 0.1) is 23.7 Å². The van der Waals surface area contributed by atoms with Crippen molar-refractivity contribution < 1.29 is 9.53 Å². The van der Waals surface area contributed by atoms with Gasteiger partial charge in [-0.2, -0.15) is 4.98 Å². The second-order valence-electron chi connectivity index (χ2n) is 9.89. The minimum Gasteiger partial charge on any atom is -0.438 e. The third-order valence-electron chi connectivity index (χ3n) is 7.07. The Bertz CT molecular complexity index is 1370. The highest BCUT2D eigenvalue weighted by Crippen LogP contribution is 2.33. The van der Waals surface area contributed by atoms with E-state index in [9.17, 15) is 4.79 Å². The second kappa shape index (κ2) is 11.5. The van der Waals surface area contributed by atoms with Gasteiger partial charge in [0.25, 0.3) is 0 Å². The SMILES string of the molecule is CCC(C(=O)N1CCc2nc(N(C)Cc3ccccc3)nc(Oc3ccc(C)cc3)c2C1)c1ccccc1. The number of benzene rings is 3. The number of fused-ring (bicyclic) bond motifs is 1. The van der Waals surface area contributed by atoms with Gasteiger partial charge < -0.3 is 14.5 Å². The highest BCUT2D eigenvalue weighted by molar-refractivity contribution is 5.84. The lowest BCUT2D eigenvalue weighted by Crippen LogP contribution is -2.39. The Kier molecular flexibility index (Phi) is 7.68. The van der Waals surface area contributed by atoms with Crippen molar-refractivity contribution in [2.24, 2.45) is 0 Å². The van der Waals surface area contributed by atoms with E-state index in [1.54, 1.807) is 0 Å². The van der Waals surface area contributed by atoms with Crippen LogP contribution in [0.2, 0.25) is 0 Å². The van der Waals surface area contributed by atoms with E-state index in [2.05, 4.69) is 19.1 Å². The summed E-state index contributed by atoms with van der Waals surface area (Å²) in [6, 6.07) is 28.3. The number of hydrogen-bond acceptors (Lipinski definition) is 5. The molecular formula is C32H34N4O2. The molecule has 0 bridgehead atoms. The molecule has 1 aliphatic rings. The van der Waals surface area contributed by atoms with Gasteiger partial charge in [-0.25, -0.2) is 4.98 Å². The molecule has 0 saturated carbocycles. The zero-order valence-corrected chi connectivity index (χ0v) is 22.3. The van der Waals surface area contributed by atoms with E-state index >= 15 is 0 Å². The van der Waals surface area contributed by atoms with E-state index in [1.165, 1.54) is 5.56 Å². The van der Waals surface area contributed by atoms with Crippen molar-refractivity contribution in [1.82, 2.24) is 14.9 Å². The van der Waals surface area contributed by atoms with Crippen molar-refractivity contribution >= 4 is 11.9 Å². The van der Waals surface area contributed by atoms with Gasteiger partial charge in [0.1, 0.15) is 5.75 Å². The van der Waals surface area contributed by atoms with Crippen LogP contribution in [-0.2, 0) is 24.3 Å². The van der Waals surface area contributed by atoms with Crippen LogP contribution in [-0.4, -0.2) is 34.4 Å². The topological polar surface area (TPSA) is 58.6 Å². The van der Waals surface area contributed by atoms with Gasteiger partial charge in [0.2, 0.25) is 17.7 Å². The molecule has 1 aromatic heterocycles. The smallest absolute Gasteiger partial charge is 0.230 e. The molecule has 0 radical (unpaired) electrons. The van der Waals surface area contributed by atoms with Gasteiger partial charge >= 0.3 is 0 Å². The molecule has 194 valence electrons. The molecule has 1 atom stereocenters. The third-order valence-corrected chi connectivity index (χ3v) is 7.07. The monoisotopic (exact) mass is 506 g/mol. The van der Waals surface area contributed by atoms with Crippen molar-refractivity contribution in [2.75, 3.05) is 18.5 Å². The Morgan fingerprint density at radius 1 is 0.974 bits per heavy atom. The molecule has 0 saturated heterocycles. The van der Waals surface area contributed by atoms with Crippen LogP contribution in [0, 0.1) is 6.92 Å². The van der Waals surface area contributed by atoms with Crippen molar-refractivity contribution in [3.05, 3.63) is 113 Å². The number of aryl methyl sites for hydroxylation is 1. The van der Waals surface area contributed by atoms with E-state index in [1.807, 2.05) is 96.6 Å². The van der Waals surface area contributed by atoms with Gasteiger partial charge in [0.15, 0.2) is 0 Å². The number of carbonyl (C=O) groups excluding carboxylic acids is 1. The van der Waals surface area contributed by atoms with Gasteiger partial charge in [-0.1, -0.05) is 85.3 Å². The molecule has 0 N–H and O–H groups in total. The average molecular weight is 507 g/mol. The summed E-state index contributed by atoms with van der Waals surface area (Å²) in [5, 5.41) is 0. The number of aromatic nitrogens is 2. The van der Waals surface area contributed by atoms with E-state index < -0.39 is 0 Å². The lowest BCUT2D eigenvalue weighted by atomic mass is 9.94. The number of nitrogens with zero attached hydrogens (tertiary/aromatic N) is 4. The first-order chi connectivity index (χ1) is 18.5. The van der Waals surface area contributed by atoms with Crippen LogP contribution in [0.15, 0.2) is 84.9 Å². The number of anilines is 1. The predicted molar refractivity (Wildman–Crippen MR) is 150 cm³/mol. The summed E-state index contributed by atoms with van der Waals surface area (Å²) in [5.41, 5.74) is 5.21. The molecule has 1 unspecified atom stereocenters. The predicted octanol–water partition coefficient (Wildman–Crippen LogP) is 6.29. The van der Waals surface area contributed by atoms with E-state index in [0.29, 0.717) is 43.6 Å². The van der Waals surface area contributed by atoms with Crippen molar-refractivity contribution in [2.45, 2.75) is 45.7 Å². The number of rotatable bonds is 8. The lowest BCUT2D eigenvalue weighted by molar-refractivity contribution is -0.133. The zero-order valence-electron chi connectivity index (χ0n) is 22.3. The molecule has 38 heavy (non-hydrogen) atoms. The maximum Gasteiger partial charge on any atom is 0.230 e. The fourth-order valence-electron chi connectivity index (χ4n) is 4.92. The Balaban J connectivity index is 1.46. The van der Waals surface area contributed by atoms with Gasteiger partial charge in [-0.15, -0.1) is 0 Å². The third kappa shape index (κ3) is 5.70. The number of hydrogen-bond donors (Lipinski definition) is 0. The number of amides is 1. The van der Waals surface area contributed by atoms with Gasteiger partial charge in [0, 0.05) is 26.6 Å². The highest BCUT2D eigenvalue weighted by atomic mass is 16.5. The van der Waals surface area contributed by atoms with Crippen LogP contribution in [0.4, 0.5) is 5.95 Å². The summed E-state index contributed by atoms with van der Waals surface area (Å²) < 4.78 is 6.36. The highest BCUT2D eigenvalue weighted by Gasteiger charge is 2.31. The van der Waals surface area contributed by atoms with E-state index in [4.69, 9.17) is 14.7 Å². The van der Waals surface area contributed by atoms with Crippen LogP contribution >= 0.6 is 0 Å². The van der Waals surface area contributed by atoms with Crippen molar-refractivity contribution in [3.8, 4) is 11.6 Å². The first kappa shape index (κ1) is 25.5. The van der Waals surface area contributed by atoms with Crippen LogP contribution in [0.1, 0.15) is 47.2 Å². The van der Waals surface area contributed by atoms with Crippen LogP contribution < -0.4 is 9.64 Å². The number of ether oxygens (including phenoxy) is 1. The Morgan fingerprint density at radius 2 is 1.66 bits per heavy atom. The molecule has 0 aliphatic carbocycles. The van der Waals surface area contributed by atoms with Gasteiger partial charge in [-0.05, 0) is 36.6 Å². The maximum atomic E-state index is 13.7. The minimum absolute atomic E-state index is 0.135. The quantitative estimate of drug-likeness (QED) is 0.281. The molecular weight excluding hydrogens is 472 g/mol. The fourth-order valence-corrected chi connectivity index (χ4v) is 4.92. The standard InChI is InChI=1S/C32H34N4O2/c1-4-27(25-13-9-6-10-14-25)31(37)36-20-19-29-28(22-36)30(38-26-17-15-23(2)16-18-26)34-32(33-29)35(3)21-24-11-7-5-8-12-24/h5-18,27H,4,19-22H2,1-3H3. The molecule has 4 aromatic rings. The molecule has 0 spiro atoms. The molecule has 1 amide bonds. The molecule has 0 fully saturated rings. The Labute approximate surface area is 224 Å². The largest absolute Gasteiger partial charge is 0.438 e. The van der Waals surface area contributed by atoms with E-state index in [0.717, 1.165) is 28.8 Å². The molecule has 5 rings (SSSR count). The zero-order chi connectivity index (χ0) is 26.5. The first-order valence-corrected chi connectivity index (χ1v) is 13.2. The van der Waals surface area contributed by atoms with Crippen LogP contribution in [0.5, 0.6) is 11.6 Å². The molecule has 6 nitrogen and oxygen atoms in total. The fraction of sp³-hybridized carbons (Fsp3) is 0.281. The summed E-state index contributed by atoms with van der Waals surface area (Å²) in [5.74, 6) is 1.81. The number of carbonyl (C=O) groups is 1. The van der Waals surface area contributed by atoms with Crippen LogP contribution in [0.3, 0.4) is 0 Å². The summed E-state index contributed by atoms with van der Waals surface area (Å²) in [7, 11) is 1.99. The van der Waals surface area contributed by atoms with Crippen molar-refractivity contribution in [3.63, 3.8) is 0 Å². The molecule has 1 aliphatic heterocycles. The van der Waals surface area contributed by atoms with E-state index in [-0.39, 0.29) is 11.8 Å². The average Bonchev–Trinajstić information content (AvgIpc) is 2.95. The lowest BCUT2D eigenvalue weighted by Gasteiger charge is -2.32. The molecule has 3 aromatic carbocycles. The Morgan fingerprint density at radius 3 is 2.34 bits per heavy atom. The first-order valence-electron chi connectivity index (χ1n) is 13.2.